The third-order valence-corrected chi connectivity index (χ3v) is 5.98. The second-order valence-corrected chi connectivity index (χ2v) is 9.22. The maximum absolute atomic E-state index is 12.5. The average molecular weight is 586 g/mol. The van der Waals surface area contributed by atoms with Crippen molar-refractivity contribution < 1.29 is 23.8 Å². The number of nitrogens with one attached hydrogen (secondary N) is 1. The van der Waals surface area contributed by atoms with Gasteiger partial charge in [0.15, 0.2) is 18.1 Å². The van der Waals surface area contributed by atoms with Gasteiger partial charge in [0.1, 0.15) is 5.75 Å². The van der Waals surface area contributed by atoms with Gasteiger partial charge in [0.25, 0.3) is 5.91 Å². The minimum absolute atomic E-state index is 0.156. The summed E-state index contributed by atoms with van der Waals surface area (Å²) in [4.78, 5) is 24.7. The molecule has 0 fully saturated rings. The van der Waals surface area contributed by atoms with Crippen molar-refractivity contribution in [2.45, 2.75) is 26.7 Å². The lowest BCUT2D eigenvalue weighted by molar-refractivity contribution is -0.123. The van der Waals surface area contributed by atoms with Crippen molar-refractivity contribution in [3.63, 3.8) is 0 Å². The van der Waals surface area contributed by atoms with Gasteiger partial charge >= 0.3 is 5.97 Å². The van der Waals surface area contributed by atoms with E-state index in [-0.39, 0.29) is 24.2 Å². The van der Waals surface area contributed by atoms with Crippen LogP contribution in [0.15, 0.2) is 65.8 Å². The highest BCUT2D eigenvalue weighted by molar-refractivity contribution is 14.1. The highest BCUT2D eigenvalue weighted by Crippen LogP contribution is 2.29. The van der Waals surface area contributed by atoms with Gasteiger partial charge in [-0.05, 0) is 88.5 Å². The maximum Gasteiger partial charge on any atom is 0.344 e. The number of nitrogens with zero attached hydrogens (tertiary/aromatic N) is 1. The molecule has 0 saturated carbocycles. The molecular formula is C27H27IN2O5. The minimum atomic E-state index is -0.476. The SMILES string of the molecule is COc1cc(C=NNC(=O)COc2cc(C)ccc2C(C)C)ccc1OC(=O)c1ccccc1I. The first-order chi connectivity index (χ1) is 16.8. The molecule has 0 atom stereocenters. The Labute approximate surface area is 218 Å². The van der Waals surface area contributed by atoms with E-state index in [1.807, 2.05) is 37.3 Å². The molecule has 0 unspecified atom stereocenters. The van der Waals surface area contributed by atoms with E-state index >= 15 is 0 Å². The molecule has 0 heterocycles. The molecule has 0 bridgehead atoms. The number of carbonyl (C=O) groups is 2. The molecule has 3 aromatic carbocycles. The van der Waals surface area contributed by atoms with Crippen LogP contribution < -0.4 is 19.6 Å². The number of ether oxygens (including phenoxy) is 3. The van der Waals surface area contributed by atoms with Gasteiger partial charge in [0.05, 0.1) is 18.9 Å². The molecular weight excluding hydrogens is 559 g/mol. The fraction of sp³-hybridized carbons (Fsp3) is 0.222. The molecule has 8 heteroatoms. The Bertz CT molecular complexity index is 1240. The first kappa shape index (κ1) is 26.2. The summed E-state index contributed by atoms with van der Waals surface area (Å²) in [6.07, 6.45) is 1.47. The third kappa shape index (κ3) is 7.29. The number of hydrogen-bond acceptors (Lipinski definition) is 6. The predicted octanol–water partition coefficient (Wildman–Crippen LogP) is 5.48. The van der Waals surface area contributed by atoms with E-state index in [1.165, 1.54) is 13.3 Å². The second-order valence-electron chi connectivity index (χ2n) is 8.06. The summed E-state index contributed by atoms with van der Waals surface area (Å²) in [7, 11) is 1.48. The van der Waals surface area contributed by atoms with Gasteiger partial charge in [-0.1, -0.05) is 38.1 Å². The number of amides is 1. The first-order valence-corrected chi connectivity index (χ1v) is 12.1. The van der Waals surface area contributed by atoms with Crippen LogP contribution in [0.2, 0.25) is 0 Å². The smallest absolute Gasteiger partial charge is 0.344 e. The van der Waals surface area contributed by atoms with E-state index < -0.39 is 5.97 Å². The summed E-state index contributed by atoms with van der Waals surface area (Å²) in [5.41, 5.74) is 5.68. The summed E-state index contributed by atoms with van der Waals surface area (Å²) in [6.45, 7) is 5.97. The largest absolute Gasteiger partial charge is 0.493 e. The number of halogens is 1. The molecule has 182 valence electrons. The lowest BCUT2D eigenvalue weighted by Crippen LogP contribution is -2.25. The van der Waals surface area contributed by atoms with E-state index in [2.05, 4.69) is 47.0 Å². The topological polar surface area (TPSA) is 86.2 Å². The van der Waals surface area contributed by atoms with Crippen molar-refractivity contribution in [2.24, 2.45) is 5.10 Å². The Hall–Kier alpha value is -3.40. The normalized spacial score (nSPS) is 10.9. The molecule has 0 saturated heterocycles. The van der Waals surface area contributed by atoms with Crippen LogP contribution in [-0.2, 0) is 4.79 Å². The van der Waals surface area contributed by atoms with Crippen molar-refractivity contribution in [3.05, 3.63) is 86.5 Å². The minimum Gasteiger partial charge on any atom is -0.493 e. The molecule has 35 heavy (non-hydrogen) atoms. The molecule has 0 aliphatic carbocycles. The van der Waals surface area contributed by atoms with Crippen molar-refractivity contribution in [2.75, 3.05) is 13.7 Å². The summed E-state index contributed by atoms with van der Waals surface area (Å²) < 4.78 is 17.4. The van der Waals surface area contributed by atoms with Gasteiger partial charge in [-0.25, -0.2) is 10.2 Å². The maximum atomic E-state index is 12.5. The van der Waals surface area contributed by atoms with Crippen LogP contribution in [-0.4, -0.2) is 31.8 Å². The molecule has 1 N–H and O–H groups in total. The van der Waals surface area contributed by atoms with Gasteiger partial charge in [0, 0.05) is 3.57 Å². The van der Waals surface area contributed by atoms with E-state index in [9.17, 15) is 9.59 Å². The van der Waals surface area contributed by atoms with Crippen molar-refractivity contribution in [1.82, 2.24) is 5.43 Å². The zero-order valence-electron chi connectivity index (χ0n) is 20.0. The quantitative estimate of drug-likeness (QED) is 0.118. The standard InChI is InChI=1S/C27H27IN2O5/c1-17(2)20-11-9-18(3)13-24(20)34-16-26(31)30-29-15-19-10-12-23(25(14-19)33-4)35-27(32)21-7-5-6-8-22(21)28/h5-15,17H,16H2,1-4H3,(H,30,31). The first-order valence-electron chi connectivity index (χ1n) is 11.0. The van der Waals surface area contributed by atoms with Gasteiger partial charge in [0.2, 0.25) is 0 Å². The van der Waals surface area contributed by atoms with Crippen LogP contribution in [0, 0.1) is 10.5 Å². The second kappa shape index (κ2) is 12.3. The Morgan fingerprint density at radius 3 is 2.51 bits per heavy atom. The molecule has 0 spiro atoms. The number of hydrogen-bond donors (Lipinski definition) is 1. The summed E-state index contributed by atoms with van der Waals surface area (Å²) in [5, 5.41) is 3.99. The number of methoxy groups -OCH3 is 1. The van der Waals surface area contributed by atoms with E-state index in [1.54, 1.807) is 30.3 Å². The highest BCUT2D eigenvalue weighted by Gasteiger charge is 2.15. The number of aryl methyl sites for hydroxylation is 1. The molecule has 3 aromatic rings. The van der Waals surface area contributed by atoms with Gasteiger partial charge in [-0.2, -0.15) is 5.10 Å². The number of hydrazone groups is 1. The fourth-order valence-electron chi connectivity index (χ4n) is 3.23. The zero-order valence-corrected chi connectivity index (χ0v) is 22.2. The molecule has 1 amide bonds. The summed E-state index contributed by atoms with van der Waals surface area (Å²) in [5.74, 6) is 0.762. The summed E-state index contributed by atoms with van der Waals surface area (Å²) in [6, 6.07) is 18.1. The fourth-order valence-corrected chi connectivity index (χ4v) is 3.84. The number of esters is 1. The monoisotopic (exact) mass is 586 g/mol. The number of rotatable bonds is 9. The van der Waals surface area contributed by atoms with E-state index in [4.69, 9.17) is 14.2 Å². The molecule has 0 aliphatic heterocycles. The van der Waals surface area contributed by atoms with Crippen LogP contribution in [0.5, 0.6) is 17.2 Å². The van der Waals surface area contributed by atoms with Crippen LogP contribution >= 0.6 is 22.6 Å². The van der Waals surface area contributed by atoms with Gasteiger partial charge in [-0.3, -0.25) is 4.79 Å². The average Bonchev–Trinajstić information content (AvgIpc) is 2.83. The lowest BCUT2D eigenvalue weighted by Gasteiger charge is -2.14. The Morgan fingerprint density at radius 2 is 1.80 bits per heavy atom. The third-order valence-electron chi connectivity index (χ3n) is 5.04. The number of carbonyl (C=O) groups excluding carboxylic acids is 2. The highest BCUT2D eigenvalue weighted by atomic mass is 127. The van der Waals surface area contributed by atoms with Crippen LogP contribution in [0.4, 0.5) is 0 Å². The van der Waals surface area contributed by atoms with Crippen molar-refractivity contribution in [1.29, 1.82) is 0 Å². The number of benzene rings is 3. The molecule has 0 radical (unpaired) electrons. The molecule has 7 nitrogen and oxygen atoms in total. The van der Waals surface area contributed by atoms with Crippen molar-refractivity contribution in [3.8, 4) is 17.2 Å². The molecule has 0 aliphatic rings. The lowest BCUT2D eigenvalue weighted by atomic mass is 10.0. The van der Waals surface area contributed by atoms with Crippen LogP contribution in [0.1, 0.15) is 46.8 Å². The summed E-state index contributed by atoms with van der Waals surface area (Å²) >= 11 is 2.08. The van der Waals surface area contributed by atoms with E-state index in [0.717, 1.165) is 14.7 Å². The van der Waals surface area contributed by atoms with Crippen LogP contribution in [0.25, 0.3) is 0 Å². The van der Waals surface area contributed by atoms with Crippen molar-refractivity contribution >= 4 is 40.7 Å². The molecule has 0 aromatic heterocycles. The molecule has 3 rings (SSSR count). The Kier molecular flexibility index (Phi) is 9.25. The van der Waals surface area contributed by atoms with Gasteiger partial charge in [-0.15, -0.1) is 0 Å². The zero-order chi connectivity index (χ0) is 25.4. The van der Waals surface area contributed by atoms with Crippen LogP contribution in [0.3, 0.4) is 0 Å². The Balaban J connectivity index is 1.59. The van der Waals surface area contributed by atoms with Gasteiger partial charge < -0.3 is 14.2 Å². The van der Waals surface area contributed by atoms with E-state index in [0.29, 0.717) is 22.6 Å². The predicted molar refractivity (Wildman–Crippen MR) is 144 cm³/mol. The Morgan fingerprint density at radius 1 is 1.03 bits per heavy atom.